The van der Waals surface area contributed by atoms with Crippen molar-refractivity contribution in [3.05, 3.63) is 36.2 Å². The number of benzene rings is 1. The van der Waals surface area contributed by atoms with Crippen LogP contribution < -0.4 is 0 Å². The Morgan fingerprint density at radius 3 is 2.80 bits per heavy atom. The summed E-state index contributed by atoms with van der Waals surface area (Å²) in [6, 6.07) is 7.64. The van der Waals surface area contributed by atoms with E-state index in [1.165, 1.54) is 14.2 Å². The number of carbonyl (C=O) groups excluding carboxylic acids is 1. The van der Waals surface area contributed by atoms with E-state index in [2.05, 4.69) is 4.98 Å². The van der Waals surface area contributed by atoms with E-state index in [-0.39, 0.29) is 23.7 Å². The second-order valence-electron chi connectivity index (χ2n) is 6.84. The second-order valence-corrected chi connectivity index (χ2v) is 6.84. The minimum atomic E-state index is -1.30. The molecule has 1 saturated heterocycles. The summed E-state index contributed by atoms with van der Waals surface area (Å²) in [7, 11) is 3.05. The maximum absolute atomic E-state index is 13.0. The number of hydrogen-bond acceptors (Lipinski definition) is 6. The molecule has 0 amide bonds. The summed E-state index contributed by atoms with van der Waals surface area (Å²) in [5, 5.41) is 0. The van der Waals surface area contributed by atoms with Crippen molar-refractivity contribution in [2.24, 2.45) is 17.8 Å². The van der Waals surface area contributed by atoms with E-state index in [0.717, 1.165) is 23.1 Å². The molecular formula is C19H19NO5. The molecule has 3 aliphatic carbocycles. The fourth-order valence-electron chi connectivity index (χ4n) is 4.81. The molecule has 0 spiro atoms. The number of nitrogens with zero attached hydrogens (tertiary/aromatic N) is 1. The maximum Gasteiger partial charge on any atom is 0.236 e. The quantitative estimate of drug-likeness (QED) is 0.799. The van der Waals surface area contributed by atoms with Crippen LogP contribution in [0, 0.1) is 17.8 Å². The molecule has 6 nitrogen and oxygen atoms in total. The zero-order chi connectivity index (χ0) is 17.2. The summed E-state index contributed by atoms with van der Waals surface area (Å²) in [5.74, 6) is -1.39. The van der Waals surface area contributed by atoms with Crippen molar-refractivity contribution in [1.29, 1.82) is 0 Å². The van der Waals surface area contributed by atoms with Gasteiger partial charge in [-0.1, -0.05) is 18.2 Å². The molecule has 2 heterocycles. The molecule has 1 aromatic heterocycles. The van der Waals surface area contributed by atoms with Gasteiger partial charge in [0.2, 0.25) is 17.5 Å². The number of rotatable bonds is 3. The third-order valence-electron chi connectivity index (χ3n) is 5.86. The Hall–Kier alpha value is -2.02. The smallest absolute Gasteiger partial charge is 0.236 e. The van der Waals surface area contributed by atoms with E-state index in [4.69, 9.17) is 18.6 Å². The Morgan fingerprint density at radius 2 is 2.04 bits per heavy atom. The standard InChI is InChI=1S/C19H19NO5/c1-22-19(23-2)15-10-7-8-24-16(10)12(17(19)21)9-11(15)18-20-13-5-3-4-6-14(13)25-18/h3-6,9-10,12,15-16H,7-8H2,1-2H3/t10-,12-,15+,16-/m1/s1. The third kappa shape index (κ3) is 1.84. The molecule has 4 aliphatic rings. The number of aromatic nitrogens is 1. The van der Waals surface area contributed by atoms with E-state index in [0.29, 0.717) is 12.5 Å². The van der Waals surface area contributed by atoms with E-state index in [9.17, 15) is 4.79 Å². The number of para-hydroxylation sites is 2. The largest absolute Gasteiger partial charge is 0.436 e. The van der Waals surface area contributed by atoms with Crippen LogP contribution in [0.5, 0.6) is 0 Å². The first-order valence-corrected chi connectivity index (χ1v) is 8.53. The van der Waals surface area contributed by atoms with Crippen molar-refractivity contribution in [3.8, 4) is 0 Å². The number of Topliss-reactive ketones (excluding diaryl/α,β-unsaturated/α-hetero) is 1. The normalized spacial score (nSPS) is 32.9. The lowest BCUT2D eigenvalue weighted by Crippen LogP contribution is -2.64. The zero-order valence-electron chi connectivity index (χ0n) is 14.1. The average Bonchev–Trinajstić information content (AvgIpc) is 3.29. The molecular weight excluding hydrogens is 322 g/mol. The van der Waals surface area contributed by atoms with Crippen molar-refractivity contribution in [2.45, 2.75) is 18.3 Å². The number of methoxy groups -OCH3 is 2. The van der Waals surface area contributed by atoms with Crippen molar-refractivity contribution in [1.82, 2.24) is 4.98 Å². The molecule has 0 N–H and O–H groups in total. The predicted octanol–water partition coefficient (Wildman–Crippen LogP) is 2.43. The number of hydrogen-bond donors (Lipinski definition) is 0. The average molecular weight is 341 g/mol. The predicted molar refractivity (Wildman–Crippen MR) is 88.6 cm³/mol. The first-order chi connectivity index (χ1) is 12.2. The molecule has 0 radical (unpaired) electrons. The van der Waals surface area contributed by atoms with Gasteiger partial charge in [0.1, 0.15) is 5.52 Å². The molecule has 2 aromatic rings. The second kappa shape index (κ2) is 5.24. The van der Waals surface area contributed by atoms with E-state index in [1.54, 1.807) is 0 Å². The fourth-order valence-corrected chi connectivity index (χ4v) is 4.81. The minimum absolute atomic E-state index is 0.0782. The SMILES string of the molecule is COC1(OC)C(=O)[C@@H]2C=C(c3nc4ccccc4o3)[C@@H]1[C@H]1CCO[C@H]12. The van der Waals surface area contributed by atoms with Crippen molar-refractivity contribution < 1.29 is 23.4 Å². The lowest BCUT2D eigenvalue weighted by molar-refractivity contribution is -0.248. The van der Waals surface area contributed by atoms with Gasteiger partial charge in [0, 0.05) is 32.3 Å². The summed E-state index contributed by atoms with van der Waals surface area (Å²) in [6.45, 7) is 0.647. The van der Waals surface area contributed by atoms with Gasteiger partial charge in [0.05, 0.1) is 17.9 Å². The first kappa shape index (κ1) is 15.3. The minimum Gasteiger partial charge on any atom is -0.436 e. The third-order valence-corrected chi connectivity index (χ3v) is 5.86. The summed E-state index contributed by atoms with van der Waals surface area (Å²) in [5.41, 5.74) is 2.41. The molecule has 1 saturated carbocycles. The number of ether oxygens (including phenoxy) is 3. The summed E-state index contributed by atoms with van der Waals surface area (Å²) in [4.78, 5) is 17.7. The lowest BCUT2D eigenvalue weighted by atomic mass is 9.59. The van der Waals surface area contributed by atoms with Crippen LogP contribution in [0.1, 0.15) is 12.3 Å². The van der Waals surface area contributed by atoms with Crippen LogP contribution in [0.3, 0.4) is 0 Å². The van der Waals surface area contributed by atoms with Gasteiger partial charge in [-0.15, -0.1) is 0 Å². The van der Waals surface area contributed by atoms with Crippen LogP contribution in [-0.4, -0.2) is 43.5 Å². The monoisotopic (exact) mass is 341 g/mol. The molecule has 1 aromatic carbocycles. The zero-order valence-corrected chi connectivity index (χ0v) is 14.1. The Morgan fingerprint density at radius 1 is 1.24 bits per heavy atom. The van der Waals surface area contributed by atoms with Gasteiger partial charge >= 0.3 is 0 Å². The van der Waals surface area contributed by atoms with Crippen molar-refractivity contribution in [3.63, 3.8) is 0 Å². The Bertz CT molecular complexity index is 848. The molecule has 6 heteroatoms. The molecule has 1 aliphatic heterocycles. The van der Waals surface area contributed by atoms with E-state index < -0.39 is 11.7 Å². The van der Waals surface area contributed by atoms with Gasteiger partial charge in [-0.25, -0.2) is 4.98 Å². The number of ketones is 1. The molecule has 0 unspecified atom stereocenters. The summed E-state index contributed by atoms with van der Waals surface area (Å²) >= 11 is 0. The van der Waals surface area contributed by atoms with E-state index in [1.807, 2.05) is 30.3 Å². The number of carbonyl (C=O) groups is 1. The van der Waals surface area contributed by atoms with Crippen LogP contribution in [0.2, 0.25) is 0 Å². The Kier molecular flexibility index (Phi) is 3.20. The molecule has 6 rings (SSSR count). The van der Waals surface area contributed by atoms with Crippen LogP contribution in [-0.2, 0) is 19.0 Å². The topological polar surface area (TPSA) is 70.8 Å². The van der Waals surface area contributed by atoms with Crippen LogP contribution in [0.15, 0.2) is 34.8 Å². The van der Waals surface area contributed by atoms with Crippen LogP contribution >= 0.6 is 0 Å². The molecule has 2 fully saturated rings. The summed E-state index contributed by atoms with van der Waals surface area (Å²) in [6.07, 6.45) is 2.70. The van der Waals surface area contributed by atoms with Gasteiger partial charge in [-0.05, 0) is 18.6 Å². The Labute approximate surface area is 144 Å². The number of oxazole rings is 1. The fraction of sp³-hybridized carbons (Fsp3) is 0.474. The van der Waals surface area contributed by atoms with Gasteiger partial charge < -0.3 is 18.6 Å². The highest BCUT2D eigenvalue weighted by Gasteiger charge is 2.66. The van der Waals surface area contributed by atoms with E-state index >= 15 is 0 Å². The highest BCUT2D eigenvalue weighted by atomic mass is 16.7. The van der Waals surface area contributed by atoms with Crippen molar-refractivity contribution >= 4 is 22.5 Å². The maximum atomic E-state index is 13.0. The summed E-state index contributed by atoms with van der Waals surface area (Å²) < 4.78 is 23.2. The van der Waals surface area contributed by atoms with Gasteiger partial charge in [-0.2, -0.15) is 0 Å². The first-order valence-electron chi connectivity index (χ1n) is 8.53. The molecule has 2 bridgehead atoms. The highest BCUT2D eigenvalue weighted by Crippen LogP contribution is 2.56. The van der Waals surface area contributed by atoms with Crippen LogP contribution in [0.4, 0.5) is 0 Å². The molecule has 25 heavy (non-hydrogen) atoms. The number of fused-ring (bicyclic) bond motifs is 2. The highest BCUT2D eigenvalue weighted by molar-refractivity contribution is 5.98. The Balaban J connectivity index is 1.70. The van der Waals surface area contributed by atoms with Gasteiger partial charge in [-0.3, -0.25) is 4.79 Å². The van der Waals surface area contributed by atoms with Crippen LogP contribution in [0.25, 0.3) is 16.7 Å². The lowest BCUT2D eigenvalue weighted by Gasteiger charge is -2.51. The van der Waals surface area contributed by atoms with Gasteiger partial charge in [0.25, 0.3) is 0 Å². The van der Waals surface area contributed by atoms with Crippen molar-refractivity contribution in [2.75, 3.05) is 20.8 Å². The molecule has 130 valence electrons. The van der Waals surface area contributed by atoms with Gasteiger partial charge in [0.15, 0.2) is 5.58 Å². The molecule has 4 atom stereocenters.